The van der Waals surface area contributed by atoms with E-state index in [1.54, 1.807) is 32.0 Å². The fourth-order valence-corrected chi connectivity index (χ4v) is 3.17. The van der Waals surface area contributed by atoms with Crippen LogP contribution in [0, 0.1) is 13.8 Å². The fourth-order valence-electron chi connectivity index (χ4n) is 1.88. The largest absolute Gasteiger partial charge is 0.467 e. The molecule has 1 heterocycles. The van der Waals surface area contributed by atoms with Gasteiger partial charge in [-0.2, -0.15) is 15.0 Å². The molecule has 0 radical (unpaired) electrons. The lowest BCUT2D eigenvalue weighted by Crippen LogP contribution is -2.37. The number of aryl methyl sites for hydroxylation is 2. The fraction of sp³-hybridized carbons (Fsp3) is 0.375. The summed E-state index contributed by atoms with van der Waals surface area (Å²) in [6.07, 6.45) is 0. The monoisotopic (exact) mass is 381 g/mol. The number of aromatic nitrogens is 3. The third-order valence-electron chi connectivity index (χ3n) is 3.15. The number of nitrogens with one attached hydrogen (secondary N) is 1. The van der Waals surface area contributed by atoms with Gasteiger partial charge in [0.05, 0.1) is 12.0 Å². The molecular formula is C16H23N5O4S. The Morgan fingerprint density at radius 3 is 2.31 bits per heavy atom. The normalized spacial score (nSPS) is 10.4. The van der Waals surface area contributed by atoms with E-state index in [0.717, 1.165) is 7.05 Å². The number of carbonyl (C=O) groups is 1. The van der Waals surface area contributed by atoms with Crippen molar-refractivity contribution in [3.8, 4) is 6.01 Å². The van der Waals surface area contributed by atoms with E-state index in [0.29, 0.717) is 15.7 Å². The first-order valence-corrected chi connectivity index (χ1v) is 9.32. The second-order valence-corrected chi connectivity index (χ2v) is 6.80. The number of hydrogen-bond acceptors (Lipinski definition) is 7. The zero-order chi connectivity index (χ0) is 19.9. The van der Waals surface area contributed by atoms with E-state index in [-0.39, 0.29) is 16.9 Å². The molecule has 0 saturated carbocycles. The van der Waals surface area contributed by atoms with E-state index < -0.39 is 16.1 Å². The Morgan fingerprint density at radius 1 is 1.12 bits per heavy atom. The molecule has 0 bridgehead atoms. The van der Waals surface area contributed by atoms with Gasteiger partial charge in [-0.05, 0) is 25.5 Å². The molecule has 2 rings (SSSR count). The molecule has 1 aromatic carbocycles. The summed E-state index contributed by atoms with van der Waals surface area (Å²) in [6.45, 7) is 7.24. The van der Waals surface area contributed by atoms with Crippen LogP contribution in [0.3, 0.4) is 0 Å². The van der Waals surface area contributed by atoms with Crippen molar-refractivity contribution in [1.82, 2.24) is 19.3 Å². The maximum Gasteiger partial charge on any atom is 0.337 e. The lowest BCUT2D eigenvalue weighted by molar-refractivity contribution is 0.240. The van der Waals surface area contributed by atoms with Crippen LogP contribution in [0.1, 0.15) is 25.2 Å². The third kappa shape index (κ3) is 4.88. The third-order valence-corrected chi connectivity index (χ3v) is 5.05. The van der Waals surface area contributed by atoms with E-state index in [1.165, 1.54) is 13.2 Å². The summed E-state index contributed by atoms with van der Waals surface area (Å²) in [4.78, 5) is 24.0. The topological polar surface area (TPSA) is 114 Å². The van der Waals surface area contributed by atoms with Crippen molar-refractivity contribution in [1.29, 1.82) is 0 Å². The van der Waals surface area contributed by atoms with Crippen LogP contribution in [-0.2, 0) is 10.0 Å². The number of amides is 2. The average molecular weight is 381 g/mol. The Morgan fingerprint density at radius 2 is 1.73 bits per heavy atom. The molecule has 2 amide bonds. The molecular weight excluding hydrogens is 358 g/mol. The van der Waals surface area contributed by atoms with Crippen molar-refractivity contribution in [2.24, 2.45) is 0 Å². The summed E-state index contributed by atoms with van der Waals surface area (Å²) >= 11 is 0. The number of carbonyl (C=O) groups excluding carboxylic acids is 1. The predicted molar refractivity (Wildman–Crippen MR) is 97.6 cm³/mol. The molecule has 26 heavy (non-hydrogen) atoms. The highest BCUT2D eigenvalue weighted by atomic mass is 32.2. The van der Waals surface area contributed by atoms with E-state index in [1.807, 2.05) is 13.8 Å². The number of urea groups is 1. The van der Waals surface area contributed by atoms with Crippen LogP contribution in [-0.4, -0.2) is 47.9 Å². The van der Waals surface area contributed by atoms with Gasteiger partial charge in [-0.25, -0.2) is 17.5 Å². The molecule has 10 heteroatoms. The van der Waals surface area contributed by atoms with Crippen molar-refractivity contribution in [3.05, 3.63) is 35.7 Å². The highest BCUT2D eigenvalue weighted by Crippen LogP contribution is 2.19. The molecule has 142 valence electrons. The van der Waals surface area contributed by atoms with Gasteiger partial charge in [0.25, 0.3) is 10.0 Å². The Balaban J connectivity index is 0.00000163. The summed E-state index contributed by atoms with van der Waals surface area (Å²) < 4.78 is 30.6. The van der Waals surface area contributed by atoms with Crippen LogP contribution in [0.25, 0.3) is 0 Å². The minimum Gasteiger partial charge on any atom is -0.467 e. The predicted octanol–water partition coefficient (Wildman–Crippen LogP) is 2.38. The Bertz CT molecular complexity index is 871. The first kappa shape index (κ1) is 21.3. The maximum absolute atomic E-state index is 12.6. The SMILES string of the molecule is CC.COc1nc(C)nc(NC(=O)N(C)S(=O)(=O)c2ccccc2C)n1. The summed E-state index contributed by atoms with van der Waals surface area (Å²) in [5.74, 6) is 0.220. The lowest BCUT2D eigenvalue weighted by Gasteiger charge is -2.18. The lowest BCUT2D eigenvalue weighted by atomic mass is 10.2. The molecule has 0 aliphatic carbocycles. The van der Waals surface area contributed by atoms with Gasteiger partial charge >= 0.3 is 12.0 Å². The average Bonchev–Trinajstić information content (AvgIpc) is 2.62. The molecule has 0 atom stereocenters. The number of sulfonamides is 1. The molecule has 0 aliphatic heterocycles. The number of ether oxygens (including phenoxy) is 1. The van der Waals surface area contributed by atoms with E-state index in [2.05, 4.69) is 20.3 Å². The Labute approximate surface area is 153 Å². The highest BCUT2D eigenvalue weighted by molar-refractivity contribution is 7.89. The molecule has 0 unspecified atom stereocenters. The van der Waals surface area contributed by atoms with Crippen LogP contribution >= 0.6 is 0 Å². The van der Waals surface area contributed by atoms with E-state index in [9.17, 15) is 13.2 Å². The van der Waals surface area contributed by atoms with Crippen molar-refractivity contribution >= 4 is 22.0 Å². The molecule has 0 aliphatic rings. The van der Waals surface area contributed by atoms with Gasteiger partial charge in [-0.3, -0.25) is 5.32 Å². The van der Waals surface area contributed by atoms with Crippen molar-refractivity contribution < 1.29 is 17.9 Å². The number of anilines is 1. The zero-order valence-electron chi connectivity index (χ0n) is 15.6. The summed E-state index contributed by atoms with van der Waals surface area (Å²) in [7, 11) is -1.47. The number of rotatable bonds is 4. The first-order chi connectivity index (χ1) is 12.3. The molecule has 1 aromatic heterocycles. The zero-order valence-corrected chi connectivity index (χ0v) is 16.5. The molecule has 1 N–H and O–H groups in total. The minimum atomic E-state index is -4.00. The standard InChI is InChI=1S/C14H17N5O4S.C2H6/c1-9-7-5-6-8-11(9)24(21,22)19(3)14(20)18-12-15-10(2)16-13(17-12)23-4;1-2/h5-8H,1-4H3,(H,15,16,17,18,20);1-2H3. The number of hydrogen-bond donors (Lipinski definition) is 1. The van der Waals surface area contributed by atoms with Crippen LogP contribution in [0.15, 0.2) is 29.2 Å². The molecule has 0 spiro atoms. The molecule has 2 aromatic rings. The Kier molecular flexibility index (Phi) is 7.44. The van der Waals surface area contributed by atoms with Crippen molar-refractivity contribution in [2.45, 2.75) is 32.6 Å². The molecule has 0 fully saturated rings. The summed E-state index contributed by atoms with van der Waals surface area (Å²) in [6, 6.07) is 5.51. The molecule has 0 saturated heterocycles. The number of benzene rings is 1. The van der Waals surface area contributed by atoms with Crippen LogP contribution in [0.2, 0.25) is 0 Å². The van der Waals surface area contributed by atoms with E-state index >= 15 is 0 Å². The van der Waals surface area contributed by atoms with Gasteiger partial charge in [0.15, 0.2) is 0 Å². The van der Waals surface area contributed by atoms with Gasteiger partial charge in [-0.1, -0.05) is 32.0 Å². The van der Waals surface area contributed by atoms with Gasteiger partial charge in [0.1, 0.15) is 5.82 Å². The first-order valence-electron chi connectivity index (χ1n) is 7.88. The van der Waals surface area contributed by atoms with Gasteiger partial charge in [0, 0.05) is 7.05 Å². The number of nitrogens with zero attached hydrogens (tertiary/aromatic N) is 4. The van der Waals surface area contributed by atoms with Gasteiger partial charge < -0.3 is 4.74 Å². The maximum atomic E-state index is 12.6. The summed E-state index contributed by atoms with van der Waals surface area (Å²) in [5.41, 5.74) is 0.537. The van der Waals surface area contributed by atoms with E-state index in [4.69, 9.17) is 4.74 Å². The van der Waals surface area contributed by atoms with Gasteiger partial charge in [-0.15, -0.1) is 0 Å². The Hall–Kier alpha value is -2.75. The van der Waals surface area contributed by atoms with Gasteiger partial charge in [0.2, 0.25) is 5.95 Å². The highest BCUT2D eigenvalue weighted by Gasteiger charge is 2.27. The second kappa shape index (κ2) is 9.09. The molecule has 9 nitrogen and oxygen atoms in total. The quantitative estimate of drug-likeness (QED) is 0.864. The minimum absolute atomic E-state index is 0.0159. The summed E-state index contributed by atoms with van der Waals surface area (Å²) in [5, 5.41) is 2.32. The van der Waals surface area contributed by atoms with Crippen molar-refractivity contribution in [3.63, 3.8) is 0 Å². The van der Waals surface area contributed by atoms with Crippen LogP contribution in [0.4, 0.5) is 10.7 Å². The van der Waals surface area contributed by atoms with Crippen molar-refractivity contribution in [2.75, 3.05) is 19.5 Å². The van der Waals surface area contributed by atoms with Crippen LogP contribution < -0.4 is 10.1 Å². The second-order valence-electron chi connectivity index (χ2n) is 4.86. The smallest absolute Gasteiger partial charge is 0.337 e. The number of methoxy groups -OCH3 is 1. The van der Waals surface area contributed by atoms with Crippen LogP contribution in [0.5, 0.6) is 6.01 Å².